The van der Waals surface area contributed by atoms with Crippen molar-refractivity contribution in [2.45, 2.75) is 38.8 Å². The monoisotopic (exact) mass is 330 g/mol. The topological polar surface area (TPSA) is 66.5 Å². The Hall–Kier alpha value is -0.920. The molecule has 1 aliphatic heterocycles. The number of carbonyl (C=O) groups excluding carboxylic acids is 1. The molecule has 1 aromatic rings. The van der Waals surface area contributed by atoms with Gasteiger partial charge in [0.2, 0.25) is 15.9 Å². The van der Waals surface area contributed by atoms with Gasteiger partial charge in [-0.25, -0.2) is 8.42 Å². The van der Waals surface area contributed by atoms with Gasteiger partial charge >= 0.3 is 0 Å². The van der Waals surface area contributed by atoms with Crippen molar-refractivity contribution in [1.82, 2.24) is 9.62 Å². The Kier molecular flexibility index (Phi) is 5.06. The average Bonchev–Trinajstić information content (AvgIpc) is 3.04. The highest BCUT2D eigenvalue weighted by molar-refractivity contribution is 7.88. The van der Waals surface area contributed by atoms with Crippen LogP contribution in [0.5, 0.6) is 0 Å². The molecule has 21 heavy (non-hydrogen) atoms. The minimum atomic E-state index is -3.33. The van der Waals surface area contributed by atoms with Crippen molar-refractivity contribution in [3.8, 4) is 0 Å². The summed E-state index contributed by atoms with van der Waals surface area (Å²) in [5.41, 5.74) is 0. The summed E-state index contributed by atoms with van der Waals surface area (Å²) in [6.45, 7) is 4.53. The number of nitrogens with one attached hydrogen (secondary N) is 1. The summed E-state index contributed by atoms with van der Waals surface area (Å²) >= 11 is 1.60. The number of nitrogens with zero attached hydrogens (tertiary/aromatic N) is 1. The van der Waals surface area contributed by atoms with Crippen molar-refractivity contribution >= 4 is 27.3 Å². The number of sulfonamides is 1. The molecule has 0 unspecified atom stereocenters. The van der Waals surface area contributed by atoms with Crippen LogP contribution in [0.2, 0.25) is 0 Å². The van der Waals surface area contributed by atoms with E-state index in [2.05, 4.69) is 5.32 Å². The maximum absolute atomic E-state index is 12.5. The number of hydrogen-bond acceptors (Lipinski definition) is 4. The highest BCUT2D eigenvalue weighted by Gasteiger charge is 2.37. The molecule has 1 aliphatic rings. The molecule has 118 valence electrons. The van der Waals surface area contributed by atoms with E-state index in [0.29, 0.717) is 13.0 Å². The van der Waals surface area contributed by atoms with Gasteiger partial charge in [0, 0.05) is 11.4 Å². The van der Waals surface area contributed by atoms with Crippen LogP contribution >= 0.6 is 11.3 Å². The van der Waals surface area contributed by atoms with E-state index < -0.39 is 16.1 Å². The molecule has 0 saturated carbocycles. The molecule has 1 N–H and O–H groups in total. The average molecular weight is 330 g/mol. The predicted molar refractivity (Wildman–Crippen MR) is 84.6 cm³/mol. The zero-order valence-corrected chi connectivity index (χ0v) is 14.2. The number of thiophene rings is 1. The second-order valence-electron chi connectivity index (χ2n) is 5.78. The molecule has 0 spiro atoms. The lowest BCUT2D eigenvalue weighted by Crippen LogP contribution is -2.47. The van der Waals surface area contributed by atoms with E-state index in [1.807, 2.05) is 31.4 Å². The molecular weight excluding hydrogens is 308 g/mol. The first-order valence-corrected chi connectivity index (χ1v) is 9.84. The molecule has 0 aromatic carbocycles. The molecular formula is C14H22N2O3S2. The zero-order valence-electron chi connectivity index (χ0n) is 12.6. The maximum Gasteiger partial charge on any atom is 0.238 e. The Morgan fingerprint density at radius 3 is 2.71 bits per heavy atom. The second kappa shape index (κ2) is 6.46. The summed E-state index contributed by atoms with van der Waals surface area (Å²) in [6, 6.07) is 3.32. The largest absolute Gasteiger partial charge is 0.347 e. The highest BCUT2D eigenvalue weighted by atomic mass is 32.2. The van der Waals surface area contributed by atoms with Gasteiger partial charge in [-0.1, -0.05) is 19.9 Å². The van der Waals surface area contributed by atoms with Gasteiger partial charge in [-0.3, -0.25) is 4.79 Å². The molecule has 0 radical (unpaired) electrons. The summed E-state index contributed by atoms with van der Waals surface area (Å²) in [5, 5.41) is 5.01. The molecule has 1 fully saturated rings. The Balaban J connectivity index is 2.12. The van der Waals surface area contributed by atoms with Crippen LogP contribution in [-0.4, -0.2) is 37.5 Å². The van der Waals surface area contributed by atoms with Crippen LogP contribution in [0, 0.1) is 5.92 Å². The van der Waals surface area contributed by atoms with Crippen molar-refractivity contribution in [2.24, 2.45) is 5.92 Å². The van der Waals surface area contributed by atoms with Crippen molar-refractivity contribution < 1.29 is 13.2 Å². The van der Waals surface area contributed by atoms with E-state index >= 15 is 0 Å². The molecule has 2 rings (SSSR count). The Morgan fingerprint density at radius 2 is 2.19 bits per heavy atom. The summed E-state index contributed by atoms with van der Waals surface area (Å²) < 4.78 is 24.8. The zero-order chi connectivity index (χ0) is 15.6. The van der Waals surface area contributed by atoms with E-state index in [0.717, 1.165) is 17.6 Å². The van der Waals surface area contributed by atoms with E-state index in [1.165, 1.54) is 4.31 Å². The van der Waals surface area contributed by atoms with Gasteiger partial charge in [-0.05, 0) is 30.2 Å². The molecule has 1 saturated heterocycles. The first-order chi connectivity index (χ1) is 9.80. The quantitative estimate of drug-likeness (QED) is 0.898. The van der Waals surface area contributed by atoms with E-state index in [1.54, 1.807) is 11.3 Å². The Labute approximate surface area is 130 Å². The van der Waals surface area contributed by atoms with Gasteiger partial charge in [0.15, 0.2) is 0 Å². The number of rotatable bonds is 5. The van der Waals surface area contributed by atoms with Gasteiger partial charge < -0.3 is 5.32 Å². The van der Waals surface area contributed by atoms with Crippen molar-refractivity contribution in [1.29, 1.82) is 0 Å². The summed E-state index contributed by atoms with van der Waals surface area (Å²) in [7, 11) is -3.33. The highest BCUT2D eigenvalue weighted by Crippen LogP contribution is 2.27. The number of hydrogen-bond donors (Lipinski definition) is 1. The lowest BCUT2D eigenvalue weighted by atomic mass is 10.0. The smallest absolute Gasteiger partial charge is 0.238 e. The Bertz CT molecular complexity index is 581. The van der Waals surface area contributed by atoms with Crippen molar-refractivity contribution in [3.63, 3.8) is 0 Å². The summed E-state index contributed by atoms with van der Waals surface area (Å²) in [6.07, 6.45) is 2.49. The van der Waals surface area contributed by atoms with Crippen LogP contribution in [0.3, 0.4) is 0 Å². The lowest BCUT2D eigenvalue weighted by Gasteiger charge is -2.26. The maximum atomic E-state index is 12.5. The SMILES string of the molecule is CC(C)[C@@H](NC(=O)[C@H]1CCCN1S(C)(=O)=O)c1cccs1. The minimum absolute atomic E-state index is 0.0699. The summed E-state index contributed by atoms with van der Waals surface area (Å²) in [4.78, 5) is 13.6. The fourth-order valence-corrected chi connectivity index (χ4v) is 4.76. The minimum Gasteiger partial charge on any atom is -0.347 e. The lowest BCUT2D eigenvalue weighted by molar-refractivity contribution is -0.125. The van der Waals surface area contributed by atoms with Gasteiger partial charge in [-0.2, -0.15) is 4.31 Å². The molecule has 1 aromatic heterocycles. The predicted octanol–water partition coefficient (Wildman–Crippen LogP) is 1.99. The molecule has 0 bridgehead atoms. The standard InChI is InChI=1S/C14H22N2O3S2/c1-10(2)13(12-7-5-9-20-12)15-14(17)11-6-4-8-16(11)21(3,18)19/h5,7,9-11,13H,4,6,8H2,1-3H3,(H,15,17)/t11-,13-/m1/s1. The fraction of sp³-hybridized carbons (Fsp3) is 0.643. The molecule has 7 heteroatoms. The molecule has 0 aliphatic carbocycles. The van der Waals surface area contributed by atoms with Crippen LogP contribution < -0.4 is 5.32 Å². The molecule has 1 amide bonds. The van der Waals surface area contributed by atoms with Crippen LogP contribution in [-0.2, 0) is 14.8 Å². The molecule has 5 nitrogen and oxygen atoms in total. The van der Waals surface area contributed by atoms with Gasteiger partial charge in [0.25, 0.3) is 0 Å². The second-order valence-corrected chi connectivity index (χ2v) is 8.69. The third-order valence-corrected chi connectivity index (χ3v) is 5.99. The van der Waals surface area contributed by atoms with Crippen LogP contribution in [0.1, 0.15) is 37.6 Å². The molecule has 2 atom stereocenters. The van der Waals surface area contributed by atoms with Crippen LogP contribution in [0.4, 0.5) is 0 Å². The Morgan fingerprint density at radius 1 is 1.48 bits per heavy atom. The van der Waals surface area contributed by atoms with E-state index in [-0.39, 0.29) is 17.9 Å². The third-order valence-electron chi connectivity index (χ3n) is 3.75. The first kappa shape index (κ1) is 16.5. The number of carbonyl (C=O) groups is 1. The van der Waals surface area contributed by atoms with E-state index in [4.69, 9.17) is 0 Å². The van der Waals surface area contributed by atoms with E-state index in [9.17, 15) is 13.2 Å². The van der Waals surface area contributed by atoms with Gasteiger partial charge in [-0.15, -0.1) is 11.3 Å². The van der Waals surface area contributed by atoms with Gasteiger partial charge in [0.1, 0.15) is 6.04 Å². The summed E-state index contributed by atoms with van der Waals surface area (Å²) in [5.74, 6) is 0.0608. The first-order valence-electron chi connectivity index (χ1n) is 7.11. The van der Waals surface area contributed by atoms with Crippen LogP contribution in [0.25, 0.3) is 0 Å². The van der Waals surface area contributed by atoms with Crippen molar-refractivity contribution in [3.05, 3.63) is 22.4 Å². The third kappa shape index (κ3) is 3.84. The van der Waals surface area contributed by atoms with Crippen LogP contribution in [0.15, 0.2) is 17.5 Å². The number of amides is 1. The van der Waals surface area contributed by atoms with Crippen molar-refractivity contribution in [2.75, 3.05) is 12.8 Å². The van der Waals surface area contributed by atoms with Gasteiger partial charge in [0.05, 0.1) is 12.3 Å². The fourth-order valence-electron chi connectivity index (χ4n) is 2.68. The normalized spacial score (nSPS) is 21.6. The molecule has 2 heterocycles.